The normalized spacial score (nSPS) is 18.5. The van der Waals surface area contributed by atoms with Gasteiger partial charge in [0.25, 0.3) is 0 Å². The molecule has 0 radical (unpaired) electrons. The van der Waals surface area contributed by atoms with Crippen LogP contribution in [0, 0.1) is 0 Å². The van der Waals surface area contributed by atoms with E-state index in [-0.39, 0.29) is 35.8 Å². The number of anilines is 1. The molecule has 2 rings (SSSR count). The minimum Gasteiger partial charge on any atom is -0.406 e. The van der Waals surface area contributed by atoms with Crippen molar-refractivity contribution in [2.45, 2.75) is 31.7 Å². The Labute approximate surface area is 126 Å². The number of carbonyl (C=O) groups is 1. The van der Waals surface area contributed by atoms with Gasteiger partial charge in [0.15, 0.2) is 0 Å². The van der Waals surface area contributed by atoms with Crippen LogP contribution in [-0.2, 0) is 4.79 Å². The average molecular weight is 325 g/mol. The van der Waals surface area contributed by atoms with Crippen molar-refractivity contribution in [3.63, 3.8) is 0 Å². The molecule has 1 heterocycles. The summed E-state index contributed by atoms with van der Waals surface area (Å²) in [6, 6.07) is 4.95. The molecule has 4 nitrogen and oxygen atoms in total. The second kappa shape index (κ2) is 7.51. The van der Waals surface area contributed by atoms with Crippen molar-refractivity contribution in [2.75, 3.05) is 11.9 Å². The fraction of sp³-hybridized carbons (Fsp3) is 0.462. The lowest BCUT2D eigenvalue weighted by molar-refractivity contribution is -0.274. The van der Waals surface area contributed by atoms with E-state index in [0.717, 1.165) is 31.9 Å². The van der Waals surface area contributed by atoms with E-state index in [2.05, 4.69) is 15.4 Å². The Balaban J connectivity index is 0.00000220. The summed E-state index contributed by atoms with van der Waals surface area (Å²) in [5.74, 6) is -0.597. The van der Waals surface area contributed by atoms with E-state index in [1.807, 2.05) is 0 Å². The third kappa shape index (κ3) is 5.81. The highest BCUT2D eigenvalue weighted by Gasteiger charge is 2.31. The molecule has 0 aliphatic carbocycles. The van der Waals surface area contributed by atoms with E-state index in [1.54, 1.807) is 0 Å². The van der Waals surface area contributed by atoms with Gasteiger partial charge >= 0.3 is 6.36 Å². The number of hydrogen-bond acceptors (Lipinski definition) is 3. The molecular weight excluding hydrogens is 309 g/mol. The number of halogens is 4. The summed E-state index contributed by atoms with van der Waals surface area (Å²) in [5, 5.41) is 5.66. The van der Waals surface area contributed by atoms with Crippen molar-refractivity contribution >= 4 is 24.0 Å². The van der Waals surface area contributed by atoms with Crippen LogP contribution in [0.15, 0.2) is 24.3 Å². The lowest BCUT2D eigenvalue weighted by atomic mass is 10.0. The topological polar surface area (TPSA) is 50.4 Å². The third-order valence-electron chi connectivity index (χ3n) is 2.96. The van der Waals surface area contributed by atoms with Crippen LogP contribution in [0.5, 0.6) is 5.75 Å². The second-order valence-corrected chi connectivity index (χ2v) is 4.57. The number of ether oxygens (including phenoxy) is 1. The zero-order chi connectivity index (χ0) is 14.6. The number of nitrogens with one attached hydrogen (secondary N) is 2. The molecule has 1 aromatic carbocycles. The van der Waals surface area contributed by atoms with Crippen molar-refractivity contribution in [1.82, 2.24) is 5.32 Å². The summed E-state index contributed by atoms with van der Waals surface area (Å²) in [6.45, 7) is 0.773. The Morgan fingerprint density at radius 2 is 2.10 bits per heavy atom. The molecular formula is C13H16ClF3N2O2. The fourth-order valence-electron chi connectivity index (χ4n) is 2.08. The van der Waals surface area contributed by atoms with Gasteiger partial charge in [0.1, 0.15) is 5.75 Å². The first-order chi connectivity index (χ1) is 9.44. The van der Waals surface area contributed by atoms with E-state index in [0.29, 0.717) is 0 Å². The second-order valence-electron chi connectivity index (χ2n) is 4.57. The van der Waals surface area contributed by atoms with E-state index < -0.39 is 6.36 Å². The first-order valence-electron chi connectivity index (χ1n) is 6.34. The molecule has 1 aliphatic heterocycles. The predicted molar refractivity (Wildman–Crippen MR) is 74.6 cm³/mol. The van der Waals surface area contributed by atoms with Crippen LogP contribution in [0.25, 0.3) is 0 Å². The summed E-state index contributed by atoms with van der Waals surface area (Å²) in [4.78, 5) is 11.9. The summed E-state index contributed by atoms with van der Waals surface area (Å²) in [7, 11) is 0. The van der Waals surface area contributed by atoms with Crippen molar-refractivity contribution < 1.29 is 22.7 Å². The van der Waals surface area contributed by atoms with Gasteiger partial charge in [0.2, 0.25) is 5.91 Å². The summed E-state index contributed by atoms with van der Waals surface area (Å²) in [5.41, 5.74) is 0.282. The zero-order valence-corrected chi connectivity index (χ0v) is 11.9. The van der Waals surface area contributed by atoms with Crippen LogP contribution in [0.2, 0.25) is 0 Å². The van der Waals surface area contributed by atoms with Crippen LogP contribution in [0.3, 0.4) is 0 Å². The van der Waals surface area contributed by atoms with Gasteiger partial charge in [-0.15, -0.1) is 25.6 Å². The minimum absolute atomic E-state index is 0. The number of alkyl halides is 3. The van der Waals surface area contributed by atoms with Crippen LogP contribution in [0.1, 0.15) is 19.3 Å². The molecule has 0 spiro atoms. The molecule has 2 N–H and O–H groups in total. The number of benzene rings is 1. The smallest absolute Gasteiger partial charge is 0.406 e. The summed E-state index contributed by atoms with van der Waals surface area (Å²) >= 11 is 0. The van der Waals surface area contributed by atoms with Crippen molar-refractivity contribution in [2.24, 2.45) is 0 Å². The Hall–Kier alpha value is -1.47. The maximum atomic E-state index is 12.1. The maximum absolute atomic E-state index is 12.1. The largest absolute Gasteiger partial charge is 0.573 e. The van der Waals surface area contributed by atoms with Gasteiger partial charge in [-0.2, -0.15) is 0 Å². The number of carbonyl (C=O) groups excluding carboxylic acids is 1. The van der Waals surface area contributed by atoms with Crippen molar-refractivity contribution in [1.29, 1.82) is 0 Å². The highest BCUT2D eigenvalue weighted by atomic mass is 35.5. The Bertz CT molecular complexity index is 477. The number of rotatable bonds is 3. The maximum Gasteiger partial charge on any atom is 0.573 e. The zero-order valence-electron chi connectivity index (χ0n) is 11.1. The molecule has 1 amide bonds. The molecule has 0 aromatic heterocycles. The highest BCUT2D eigenvalue weighted by molar-refractivity contribution is 5.95. The Kier molecular flexibility index (Phi) is 6.29. The first-order valence-corrected chi connectivity index (χ1v) is 6.34. The van der Waals surface area contributed by atoms with E-state index >= 15 is 0 Å². The SMILES string of the molecule is Cl.O=C(Nc1cccc(OC(F)(F)F)c1)[C@H]1CCCCN1. The van der Waals surface area contributed by atoms with Gasteiger partial charge in [-0.05, 0) is 31.5 Å². The molecule has 21 heavy (non-hydrogen) atoms. The molecule has 1 saturated heterocycles. The predicted octanol–water partition coefficient (Wildman–Crippen LogP) is 3.09. The van der Waals surface area contributed by atoms with Crippen molar-refractivity contribution in [3.8, 4) is 5.75 Å². The fourth-order valence-corrected chi connectivity index (χ4v) is 2.08. The Morgan fingerprint density at radius 3 is 2.71 bits per heavy atom. The monoisotopic (exact) mass is 324 g/mol. The molecule has 0 unspecified atom stereocenters. The van der Waals surface area contributed by atoms with Gasteiger partial charge in [-0.25, -0.2) is 0 Å². The van der Waals surface area contributed by atoms with Crippen LogP contribution in [-0.4, -0.2) is 24.9 Å². The number of hydrogen-bond donors (Lipinski definition) is 2. The van der Waals surface area contributed by atoms with Gasteiger partial charge in [-0.3, -0.25) is 4.79 Å². The third-order valence-corrected chi connectivity index (χ3v) is 2.96. The lowest BCUT2D eigenvalue weighted by Gasteiger charge is -2.22. The molecule has 1 fully saturated rings. The molecule has 0 saturated carbocycles. The molecule has 8 heteroatoms. The molecule has 118 valence electrons. The summed E-state index contributed by atoms with van der Waals surface area (Å²) in [6.07, 6.45) is -2.03. The molecule has 0 bridgehead atoms. The van der Waals surface area contributed by atoms with Gasteiger partial charge in [-0.1, -0.05) is 12.5 Å². The number of piperidine rings is 1. The van der Waals surface area contributed by atoms with Crippen LogP contribution >= 0.6 is 12.4 Å². The lowest BCUT2D eigenvalue weighted by Crippen LogP contribution is -2.43. The van der Waals surface area contributed by atoms with E-state index in [1.165, 1.54) is 18.2 Å². The van der Waals surface area contributed by atoms with Gasteiger partial charge in [0, 0.05) is 11.8 Å². The Morgan fingerprint density at radius 1 is 1.33 bits per heavy atom. The van der Waals surface area contributed by atoms with Crippen LogP contribution in [0.4, 0.5) is 18.9 Å². The van der Waals surface area contributed by atoms with Gasteiger partial charge < -0.3 is 15.4 Å². The van der Waals surface area contributed by atoms with Gasteiger partial charge in [0.05, 0.1) is 6.04 Å². The standard InChI is InChI=1S/C13H15F3N2O2.ClH/c14-13(15,16)20-10-5-3-4-9(8-10)18-12(19)11-6-1-2-7-17-11;/h3-5,8,11,17H,1-2,6-7H2,(H,18,19);1H/t11-;/m1./s1. The first kappa shape index (κ1) is 17.6. The quantitative estimate of drug-likeness (QED) is 0.898. The molecule has 1 aliphatic rings. The number of amides is 1. The molecule has 1 aromatic rings. The minimum atomic E-state index is -4.74. The van der Waals surface area contributed by atoms with E-state index in [4.69, 9.17) is 0 Å². The highest BCUT2D eigenvalue weighted by Crippen LogP contribution is 2.25. The molecule has 1 atom stereocenters. The average Bonchev–Trinajstić information content (AvgIpc) is 2.38. The van der Waals surface area contributed by atoms with Crippen LogP contribution < -0.4 is 15.4 Å². The summed E-state index contributed by atoms with van der Waals surface area (Å²) < 4.78 is 40.1. The van der Waals surface area contributed by atoms with Crippen molar-refractivity contribution in [3.05, 3.63) is 24.3 Å². The van der Waals surface area contributed by atoms with E-state index in [9.17, 15) is 18.0 Å².